The highest BCUT2D eigenvalue weighted by Crippen LogP contribution is 2.29. The number of rotatable bonds is 3. The predicted octanol–water partition coefficient (Wildman–Crippen LogP) is 2.55. The molecule has 3 nitrogen and oxygen atoms in total. The Hall–Kier alpha value is -0.120. The van der Waals surface area contributed by atoms with E-state index in [2.05, 4.69) is 19.2 Å². The van der Waals surface area contributed by atoms with Gasteiger partial charge in [-0.25, -0.2) is 0 Å². The van der Waals surface area contributed by atoms with Gasteiger partial charge >= 0.3 is 0 Å². The van der Waals surface area contributed by atoms with Gasteiger partial charge in [0.25, 0.3) is 0 Å². The van der Waals surface area contributed by atoms with Crippen LogP contribution in [0.15, 0.2) is 0 Å². The fraction of sp³-hybridized carbons (Fsp3) is 1.00. The van der Waals surface area contributed by atoms with Gasteiger partial charge in [-0.1, -0.05) is 13.8 Å². The molecule has 17 heavy (non-hydrogen) atoms. The summed E-state index contributed by atoms with van der Waals surface area (Å²) in [6.07, 6.45) is 4.22. The van der Waals surface area contributed by atoms with Gasteiger partial charge < -0.3 is 14.8 Å². The van der Waals surface area contributed by atoms with E-state index in [-0.39, 0.29) is 11.9 Å². The molecule has 0 aromatic heterocycles. The van der Waals surface area contributed by atoms with Crippen molar-refractivity contribution in [1.29, 1.82) is 0 Å². The standard InChI is InChI=1S/C14H27NO2/c1-10-5-11(2)7-12(6-10)15-8-13-9-16-14(3,4)17-13/h10-13,15H,5-9H2,1-4H3. The van der Waals surface area contributed by atoms with Crippen molar-refractivity contribution in [2.75, 3.05) is 13.2 Å². The molecule has 0 spiro atoms. The van der Waals surface area contributed by atoms with Crippen LogP contribution in [0.4, 0.5) is 0 Å². The molecule has 1 aliphatic heterocycles. The van der Waals surface area contributed by atoms with Crippen molar-refractivity contribution in [2.45, 2.75) is 64.9 Å². The molecule has 1 saturated carbocycles. The van der Waals surface area contributed by atoms with E-state index in [0.717, 1.165) is 25.0 Å². The number of ether oxygens (including phenoxy) is 2. The minimum atomic E-state index is -0.389. The van der Waals surface area contributed by atoms with Crippen LogP contribution in [0.2, 0.25) is 0 Å². The molecule has 3 unspecified atom stereocenters. The summed E-state index contributed by atoms with van der Waals surface area (Å²) in [7, 11) is 0. The minimum Gasteiger partial charge on any atom is -0.348 e. The molecular formula is C14H27NO2. The van der Waals surface area contributed by atoms with Crippen molar-refractivity contribution < 1.29 is 9.47 Å². The molecule has 2 fully saturated rings. The van der Waals surface area contributed by atoms with Crippen LogP contribution in [0.5, 0.6) is 0 Å². The van der Waals surface area contributed by atoms with E-state index in [1.54, 1.807) is 0 Å². The SMILES string of the molecule is CC1CC(C)CC(NCC2COC(C)(C)O2)C1. The van der Waals surface area contributed by atoms with Gasteiger partial charge in [0.2, 0.25) is 0 Å². The Morgan fingerprint density at radius 1 is 1.12 bits per heavy atom. The lowest BCUT2D eigenvalue weighted by molar-refractivity contribution is -0.138. The van der Waals surface area contributed by atoms with E-state index in [1.807, 2.05) is 13.8 Å². The molecule has 100 valence electrons. The van der Waals surface area contributed by atoms with Crippen LogP contribution in [-0.4, -0.2) is 31.1 Å². The van der Waals surface area contributed by atoms with Crippen LogP contribution in [-0.2, 0) is 9.47 Å². The summed E-state index contributed by atoms with van der Waals surface area (Å²) >= 11 is 0. The predicted molar refractivity (Wildman–Crippen MR) is 68.9 cm³/mol. The zero-order valence-corrected chi connectivity index (χ0v) is 11.7. The average molecular weight is 241 g/mol. The highest BCUT2D eigenvalue weighted by atomic mass is 16.7. The van der Waals surface area contributed by atoms with Crippen LogP contribution in [0.1, 0.15) is 47.0 Å². The Kier molecular flexibility index (Phi) is 4.11. The van der Waals surface area contributed by atoms with Gasteiger partial charge in [-0.2, -0.15) is 0 Å². The first-order valence-electron chi connectivity index (χ1n) is 7.00. The molecule has 1 heterocycles. The lowest BCUT2D eigenvalue weighted by Crippen LogP contribution is -2.41. The third-order valence-electron chi connectivity index (χ3n) is 3.88. The van der Waals surface area contributed by atoms with Crippen molar-refractivity contribution in [3.8, 4) is 0 Å². The van der Waals surface area contributed by atoms with Crippen LogP contribution in [0, 0.1) is 11.8 Å². The zero-order valence-electron chi connectivity index (χ0n) is 11.7. The molecule has 3 heteroatoms. The van der Waals surface area contributed by atoms with Crippen molar-refractivity contribution in [2.24, 2.45) is 11.8 Å². The van der Waals surface area contributed by atoms with Gasteiger partial charge in [-0.05, 0) is 44.9 Å². The normalized spacial score (nSPS) is 41.6. The fourth-order valence-corrected chi connectivity index (χ4v) is 3.28. The molecule has 0 aromatic rings. The van der Waals surface area contributed by atoms with Crippen molar-refractivity contribution in [3.05, 3.63) is 0 Å². The molecule has 1 saturated heterocycles. The van der Waals surface area contributed by atoms with Crippen LogP contribution in [0.25, 0.3) is 0 Å². The lowest BCUT2D eigenvalue weighted by Gasteiger charge is -2.32. The summed E-state index contributed by atoms with van der Waals surface area (Å²) in [5, 5.41) is 3.66. The maximum atomic E-state index is 5.81. The Morgan fingerprint density at radius 2 is 1.76 bits per heavy atom. The summed E-state index contributed by atoms with van der Waals surface area (Å²) in [5.41, 5.74) is 0. The van der Waals surface area contributed by atoms with E-state index in [4.69, 9.17) is 9.47 Å². The monoisotopic (exact) mass is 241 g/mol. The van der Waals surface area contributed by atoms with E-state index in [0.29, 0.717) is 6.04 Å². The second-order valence-corrected chi connectivity index (χ2v) is 6.47. The van der Waals surface area contributed by atoms with Gasteiger partial charge in [0, 0.05) is 12.6 Å². The Labute approximate surface area is 105 Å². The number of hydrogen-bond acceptors (Lipinski definition) is 3. The fourth-order valence-electron chi connectivity index (χ4n) is 3.28. The number of nitrogens with one attached hydrogen (secondary N) is 1. The molecule has 1 N–H and O–H groups in total. The molecule has 0 radical (unpaired) electrons. The summed E-state index contributed by atoms with van der Waals surface area (Å²) in [6.45, 7) is 10.3. The van der Waals surface area contributed by atoms with Crippen molar-refractivity contribution >= 4 is 0 Å². The first kappa shape index (κ1) is 13.3. The third-order valence-corrected chi connectivity index (χ3v) is 3.88. The van der Waals surface area contributed by atoms with E-state index >= 15 is 0 Å². The van der Waals surface area contributed by atoms with Gasteiger partial charge in [-0.3, -0.25) is 0 Å². The minimum absolute atomic E-state index is 0.220. The summed E-state index contributed by atoms with van der Waals surface area (Å²) < 4.78 is 11.4. The molecular weight excluding hydrogens is 214 g/mol. The topological polar surface area (TPSA) is 30.5 Å². The quantitative estimate of drug-likeness (QED) is 0.823. The van der Waals surface area contributed by atoms with Gasteiger partial charge in [0.05, 0.1) is 12.7 Å². The molecule has 0 amide bonds. The van der Waals surface area contributed by atoms with Crippen molar-refractivity contribution in [3.63, 3.8) is 0 Å². The molecule has 3 atom stereocenters. The zero-order chi connectivity index (χ0) is 12.5. The maximum absolute atomic E-state index is 5.81. The molecule has 2 aliphatic rings. The second-order valence-electron chi connectivity index (χ2n) is 6.47. The first-order chi connectivity index (χ1) is 7.94. The van der Waals surface area contributed by atoms with Crippen LogP contribution in [0.3, 0.4) is 0 Å². The molecule has 0 aromatic carbocycles. The molecule has 2 rings (SSSR count). The average Bonchev–Trinajstić information content (AvgIpc) is 2.54. The van der Waals surface area contributed by atoms with Crippen LogP contribution < -0.4 is 5.32 Å². The van der Waals surface area contributed by atoms with Gasteiger partial charge in [0.1, 0.15) is 0 Å². The molecule has 0 bridgehead atoms. The molecule has 1 aliphatic carbocycles. The summed E-state index contributed by atoms with van der Waals surface area (Å²) in [6, 6.07) is 0.668. The maximum Gasteiger partial charge on any atom is 0.163 e. The third kappa shape index (κ3) is 3.94. The largest absolute Gasteiger partial charge is 0.348 e. The Balaban J connectivity index is 1.71. The van der Waals surface area contributed by atoms with E-state index in [9.17, 15) is 0 Å². The van der Waals surface area contributed by atoms with Gasteiger partial charge in [0.15, 0.2) is 5.79 Å². The van der Waals surface area contributed by atoms with Crippen molar-refractivity contribution in [1.82, 2.24) is 5.32 Å². The highest BCUT2D eigenvalue weighted by molar-refractivity contribution is 4.82. The lowest BCUT2D eigenvalue weighted by atomic mass is 9.80. The highest BCUT2D eigenvalue weighted by Gasteiger charge is 2.33. The summed E-state index contributed by atoms with van der Waals surface area (Å²) in [4.78, 5) is 0. The van der Waals surface area contributed by atoms with E-state index in [1.165, 1.54) is 19.3 Å². The Morgan fingerprint density at radius 3 is 2.29 bits per heavy atom. The summed E-state index contributed by atoms with van der Waals surface area (Å²) in [5.74, 6) is 1.32. The van der Waals surface area contributed by atoms with Crippen LogP contribution >= 0.6 is 0 Å². The van der Waals surface area contributed by atoms with E-state index < -0.39 is 0 Å². The number of hydrogen-bond donors (Lipinski definition) is 1. The smallest absolute Gasteiger partial charge is 0.163 e. The first-order valence-corrected chi connectivity index (χ1v) is 7.00. The second kappa shape index (κ2) is 5.25. The Bertz CT molecular complexity index is 245. The van der Waals surface area contributed by atoms with Gasteiger partial charge in [-0.15, -0.1) is 0 Å².